The maximum atomic E-state index is 3.52. The lowest BCUT2D eigenvalue weighted by Crippen LogP contribution is -2.20. The maximum absolute atomic E-state index is 3.52. The molecule has 2 heteroatoms. The van der Waals surface area contributed by atoms with Gasteiger partial charge < -0.3 is 10.6 Å². The van der Waals surface area contributed by atoms with Gasteiger partial charge in [-0.25, -0.2) is 0 Å². The molecule has 0 aliphatic heterocycles. The summed E-state index contributed by atoms with van der Waals surface area (Å²) in [6.45, 7) is 5.77. The molecule has 0 bridgehead atoms. The average molecular weight is 339 g/mol. The van der Waals surface area contributed by atoms with Crippen LogP contribution in [0.25, 0.3) is 0 Å². The van der Waals surface area contributed by atoms with E-state index >= 15 is 0 Å². The molecule has 0 rings (SSSR count). The van der Waals surface area contributed by atoms with Gasteiger partial charge >= 0.3 is 0 Å². The van der Waals surface area contributed by atoms with Crippen LogP contribution in [0, 0.1) is 0 Å². The molecule has 0 aromatic carbocycles. The SMILES string of the molecule is CCCCCCCC/C=C\CCCCCCCCNCCCNC. The van der Waals surface area contributed by atoms with Crippen molar-refractivity contribution in [2.45, 2.75) is 103 Å². The third kappa shape index (κ3) is 21.7. The predicted octanol–water partition coefficient (Wildman–Crippen LogP) is 6.22. The molecule has 2 N–H and O–H groups in total. The molecule has 0 saturated heterocycles. The minimum Gasteiger partial charge on any atom is -0.320 e. The van der Waals surface area contributed by atoms with Crippen molar-refractivity contribution in [1.82, 2.24) is 10.6 Å². The lowest BCUT2D eigenvalue weighted by atomic mass is 10.1. The van der Waals surface area contributed by atoms with Gasteiger partial charge in [-0.05, 0) is 65.2 Å². The first kappa shape index (κ1) is 23.7. The summed E-state index contributed by atoms with van der Waals surface area (Å²) < 4.78 is 0. The van der Waals surface area contributed by atoms with Gasteiger partial charge in [-0.3, -0.25) is 0 Å². The van der Waals surface area contributed by atoms with Gasteiger partial charge in [0.2, 0.25) is 0 Å². The first-order valence-electron chi connectivity index (χ1n) is 10.9. The monoisotopic (exact) mass is 338 g/mol. The Morgan fingerprint density at radius 2 is 1.04 bits per heavy atom. The van der Waals surface area contributed by atoms with E-state index in [9.17, 15) is 0 Å². The summed E-state index contributed by atoms with van der Waals surface area (Å²) in [6.07, 6.45) is 25.5. The Bertz CT molecular complexity index is 238. The number of nitrogens with one attached hydrogen (secondary N) is 2. The van der Waals surface area contributed by atoms with E-state index in [1.165, 1.54) is 103 Å². The molecule has 0 fully saturated rings. The molecule has 0 unspecified atom stereocenters. The largest absolute Gasteiger partial charge is 0.320 e. The zero-order valence-electron chi connectivity index (χ0n) is 16.9. The van der Waals surface area contributed by atoms with Crippen LogP contribution in [0.2, 0.25) is 0 Å². The molecule has 24 heavy (non-hydrogen) atoms. The zero-order valence-corrected chi connectivity index (χ0v) is 16.9. The fourth-order valence-corrected chi connectivity index (χ4v) is 3.01. The van der Waals surface area contributed by atoms with Crippen molar-refractivity contribution in [2.75, 3.05) is 26.7 Å². The Morgan fingerprint density at radius 3 is 1.62 bits per heavy atom. The summed E-state index contributed by atoms with van der Waals surface area (Å²) >= 11 is 0. The number of hydrogen-bond donors (Lipinski definition) is 2. The summed E-state index contributed by atoms with van der Waals surface area (Å²) in [4.78, 5) is 0. The van der Waals surface area contributed by atoms with E-state index in [2.05, 4.69) is 29.7 Å². The van der Waals surface area contributed by atoms with Crippen LogP contribution in [0.4, 0.5) is 0 Å². The second kappa shape index (κ2) is 22.7. The fourth-order valence-electron chi connectivity index (χ4n) is 3.01. The van der Waals surface area contributed by atoms with Gasteiger partial charge in [0.1, 0.15) is 0 Å². The highest BCUT2D eigenvalue weighted by Crippen LogP contribution is 2.09. The van der Waals surface area contributed by atoms with E-state index in [-0.39, 0.29) is 0 Å². The number of hydrogen-bond acceptors (Lipinski definition) is 2. The molecule has 0 radical (unpaired) electrons. The standard InChI is InChI=1S/C22H46N2/c1-3-4-5-6-7-8-9-10-11-12-13-14-15-16-17-18-21-24-22-19-20-23-2/h10-11,23-24H,3-9,12-22H2,1-2H3/b11-10-. The topological polar surface area (TPSA) is 24.1 Å². The van der Waals surface area contributed by atoms with Gasteiger partial charge in [-0.2, -0.15) is 0 Å². The van der Waals surface area contributed by atoms with Crippen LogP contribution in [0.3, 0.4) is 0 Å². The Kier molecular flexibility index (Phi) is 22.3. The summed E-state index contributed by atoms with van der Waals surface area (Å²) in [5, 5.41) is 6.70. The number of allylic oxidation sites excluding steroid dienone is 2. The van der Waals surface area contributed by atoms with Crippen molar-refractivity contribution >= 4 is 0 Å². The molecule has 0 spiro atoms. The van der Waals surface area contributed by atoms with Gasteiger partial charge in [0, 0.05) is 0 Å². The van der Waals surface area contributed by atoms with E-state index in [0.29, 0.717) is 0 Å². The van der Waals surface area contributed by atoms with Gasteiger partial charge in [0.25, 0.3) is 0 Å². The molecule has 2 nitrogen and oxygen atoms in total. The van der Waals surface area contributed by atoms with Crippen molar-refractivity contribution in [3.8, 4) is 0 Å². The molecule has 0 saturated carbocycles. The molecule has 0 heterocycles. The van der Waals surface area contributed by atoms with E-state index < -0.39 is 0 Å². The fraction of sp³-hybridized carbons (Fsp3) is 0.909. The van der Waals surface area contributed by atoms with Crippen molar-refractivity contribution in [1.29, 1.82) is 0 Å². The Hall–Kier alpha value is -0.340. The minimum absolute atomic E-state index is 1.13. The highest BCUT2D eigenvalue weighted by Gasteiger charge is 1.92. The maximum Gasteiger partial charge on any atom is -0.00368 e. The summed E-state index contributed by atoms with van der Waals surface area (Å²) in [5.74, 6) is 0. The lowest BCUT2D eigenvalue weighted by molar-refractivity contribution is 0.556. The molecule has 0 atom stereocenters. The van der Waals surface area contributed by atoms with Gasteiger partial charge in [0.15, 0.2) is 0 Å². The van der Waals surface area contributed by atoms with Crippen molar-refractivity contribution in [3.05, 3.63) is 12.2 Å². The second-order valence-corrected chi connectivity index (χ2v) is 7.14. The highest BCUT2D eigenvalue weighted by atomic mass is 14.9. The molecular weight excluding hydrogens is 292 g/mol. The highest BCUT2D eigenvalue weighted by molar-refractivity contribution is 4.81. The molecule has 0 aromatic heterocycles. The van der Waals surface area contributed by atoms with Crippen LogP contribution in [0.1, 0.15) is 103 Å². The van der Waals surface area contributed by atoms with Crippen LogP contribution in [0.15, 0.2) is 12.2 Å². The van der Waals surface area contributed by atoms with Crippen LogP contribution in [0.5, 0.6) is 0 Å². The van der Waals surface area contributed by atoms with Gasteiger partial charge in [-0.1, -0.05) is 76.9 Å². The molecule has 144 valence electrons. The second-order valence-electron chi connectivity index (χ2n) is 7.14. The number of unbranched alkanes of at least 4 members (excludes halogenated alkanes) is 12. The van der Waals surface area contributed by atoms with Crippen molar-refractivity contribution in [2.24, 2.45) is 0 Å². The lowest BCUT2D eigenvalue weighted by Gasteiger charge is -2.04. The first-order chi connectivity index (χ1) is 11.9. The van der Waals surface area contributed by atoms with Crippen molar-refractivity contribution in [3.63, 3.8) is 0 Å². The van der Waals surface area contributed by atoms with Crippen LogP contribution in [-0.4, -0.2) is 26.7 Å². The van der Waals surface area contributed by atoms with Gasteiger partial charge in [-0.15, -0.1) is 0 Å². The molecule has 0 aromatic rings. The van der Waals surface area contributed by atoms with E-state index in [1.54, 1.807) is 0 Å². The Balaban J connectivity index is 3.03. The first-order valence-corrected chi connectivity index (χ1v) is 10.9. The molecule has 0 aliphatic carbocycles. The molecule has 0 aliphatic rings. The minimum atomic E-state index is 1.13. The third-order valence-electron chi connectivity index (χ3n) is 4.65. The van der Waals surface area contributed by atoms with E-state index in [4.69, 9.17) is 0 Å². The Morgan fingerprint density at radius 1 is 0.542 bits per heavy atom. The summed E-state index contributed by atoms with van der Waals surface area (Å²) in [6, 6.07) is 0. The summed E-state index contributed by atoms with van der Waals surface area (Å²) in [7, 11) is 2.02. The van der Waals surface area contributed by atoms with Crippen LogP contribution < -0.4 is 10.6 Å². The van der Waals surface area contributed by atoms with E-state index in [1.807, 2.05) is 7.05 Å². The molecular formula is C22H46N2. The van der Waals surface area contributed by atoms with E-state index in [0.717, 1.165) is 13.1 Å². The smallest absolute Gasteiger partial charge is 0.00368 e. The van der Waals surface area contributed by atoms with Crippen LogP contribution in [-0.2, 0) is 0 Å². The quantitative estimate of drug-likeness (QED) is 0.203. The normalized spacial score (nSPS) is 11.6. The zero-order chi connectivity index (χ0) is 17.6. The molecule has 0 amide bonds. The van der Waals surface area contributed by atoms with Crippen LogP contribution >= 0.6 is 0 Å². The van der Waals surface area contributed by atoms with Gasteiger partial charge in [0.05, 0.1) is 0 Å². The number of rotatable bonds is 20. The third-order valence-corrected chi connectivity index (χ3v) is 4.65. The Labute approximate surface area is 153 Å². The summed E-state index contributed by atoms with van der Waals surface area (Å²) in [5.41, 5.74) is 0. The predicted molar refractivity (Wildman–Crippen MR) is 111 cm³/mol. The average Bonchev–Trinajstić information content (AvgIpc) is 2.60. The van der Waals surface area contributed by atoms with Crippen molar-refractivity contribution < 1.29 is 0 Å².